The van der Waals surface area contributed by atoms with Crippen LogP contribution in [0, 0.1) is 6.92 Å². The molecule has 1 aromatic carbocycles. The van der Waals surface area contributed by atoms with Crippen molar-refractivity contribution in [2.24, 2.45) is 0 Å². The molecule has 1 aromatic heterocycles. The van der Waals surface area contributed by atoms with Crippen LogP contribution in [-0.2, 0) is 4.57 Å². The van der Waals surface area contributed by atoms with Gasteiger partial charge in [-0.3, -0.25) is 0 Å². The van der Waals surface area contributed by atoms with Gasteiger partial charge in [-0.1, -0.05) is 0 Å². The molecule has 0 saturated heterocycles. The maximum atomic E-state index is 12.0. The lowest BCUT2D eigenvalue weighted by Crippen LogP contribution is -2.11. The molecule has 2 bridgehead atoms. The molecule has 7 nitrogen and oxygen atoms in total. The highest BCUT2D eigenvalue weighted by atomic mass is 31.2. The van der Waals surface area contributed by atoms with Gasteiger partial charge >= 0.3 is 13.4 Å². The Morgan fingerprint density at radius 3 is 2.61 bits per heavy atom. The first-order chi connectivity index (χ1) is 8.48. The molecular weight excluding hydrogens is 263 g/mol. The minimum Gasteiger partial charge on any atom is -0.504 e. The van der Waals surface area contributed by atoms with Crippen LogP contribution >= 0.6 is 7.82 Å². The van der Waals surface area contributed by atoms with Gasteiger partial charge in [-0.05, 0) is 6.92 Å². The van der Waals surface area contributed by atoms with Crippen molar-refractivity contribution >= 4 is 18.8 Å². The zero-order chi connectivity index (χ0) is 12.7. The van der Waals surface area contributed by atoms with E-state index in [0.29, 0.717) is 5.39 Å². The van der Waals surface area contributed by atoms with Crippen molar-refractivity contribution in [3.8, 4) is 23.0 Å². The lowest BCUT2D eigenvalue weighted by atomic mass is 10.1. The van der Waals surface area contributed by atoms with Crippen LogP contribution in [0.2, 0.25) is 0 Å². The van der Waals surface area contributed by atoms with Crippen molar-refractivity contribution in [1.82, 2.24) is 0 Å². The fraction of sp³-hybridized carbons (Fsp3) is 0.100. The zero-order valence-corrected chi connectivity index (χ0v) is 9.82. The van der Waals surface area contributed by atoms with Crippen LogP contribution in [0.1, 0.15) is 5.56 Å². The lowest BCUT2D eigenvalue weighted by Gasteiger charge is -2.17. The zero-order valence-electron chi connectivity index (χ0n) is 8.92. The smallest absolute Gasteiger partial charge is 0.504 e. The van der Waals surface area contributed by atoms with E-state index in [9.17, 15) is 14.5 Å². The molecule has 2 aromatic rings. The van der Waals surface area contributed by atoms with Gasteiger partial charge in [0.05, 0.1) is 5.56 Å². The highest BCUT2D eigenvalue weighted by Gasteiger charge is 2.49. The van der Waals surface area contributed by atoms with Crippen molar-refractivity contribution in [1.29, 1.82) is 0 Å². The maximum absolute atomic E-state index is 12.0. The van der Waals surface area contributed by atoms with E-state index < -0.39 is 13.4 Å². The highest BCUT2D eigenvalue weighted by Crippen LogP contribution is 2.68. The lowest BCUT2D eigenvalue weighted by molar-refractivity contribution is 0.322. The van der Waals surface area contributed by atoms with Crippen molar-refractivity contribution < 1.29 is 27.7 Å². The van der Waals surface area contributed by atoms with Gasteiger partial charge in [0.1, 0.15) is 11.0 Å². The summed E-state index contributed by atoms with van der Waals surface area (Å²) in [6.07, 6.45) is 0. The molecule has 0 fully saturated rings. The fourth-order valence-corrected chi connectivity index (χ4v) is 3.40. The maximum Gasteiger partial charge on any atom is 0.647 e. The Morgan fingerprint density at radius 1 is 1.17 bits per heavy atom. The average molecular weight is 268 g/mol. The molecule has 4 rings (SSSR count). The number of fused-ring (bicyclic) bond motifs is 1. The van der Waals surface area contributed by atoms with Gasteiger partial charge in [0, 0.05) is 6.07 Å². The second-order valence-electron chi connectivity index (χ2n) is 3.99. The van der Waals surface area contributed by atoms with E-state index in [1.807, 2.05) is 0 Å². The number of hydrogen-bond donors (Lipinski definition) is 1. The SMILES string of the molecule is Cc1c2c3c4c(c(O)cc3oc1=O)OP(=O)(O4)O2. The van der Waals surface area contributed by atoms with Crippen LogP contribution in [0.3, 0.4) is 0 Å². The predicted molar refractivity (Wildman–Crippen MR) is 58.4 cm³/mol. The third kappa shape index (κ3) is 0.960. The van der Waals surface area contributed by atoms with E-state index in [-0.39, 0.29) is 34.1 Å². The molecule has 2 aliphatic rings. The largest absolute Gasteiger partial charge is 0.647 e. The Balaban J connectivity index is 2.32. The van der Waals surface area contributed by atoms with Gasteiger partial charge in [0.15, 0.2) is 17.2 Å². The Bertz CT molecular complexity index is 834. The Kier molecular flexibility index (Phi) is 1.45. The summed E-state index contributed by atoms with van der Waals surface area (Å²) in [6.45, 7) is 1.48. The number of aromatic hydroxyl groups is 1. The summed E-state index contributed by atoms with van der Waals surface area (Å²) in [4.78, 5) is 11.6. The summed E-state index contributed by atoms with van der Waals surface area (Å²) >= 11 is 0. The van der Waals surface area contributed by atoms with Crippen molar-refractivity contribution in [2.75, 3.05) is 0 Å². The standard InChI is InChI=1S/C10H5O7P/c1-3-7-6-5(14-10(3)12)2-4(11)8-9(6)17-18(13,15-7)16-8/h2,11H,1H3. The molecule has 0 amide bonds. The summed E-state index contributed by atoms with van der Waals surface area (Å²) < 4.78 is 32.2. The number of phenolic OH excluding ortho intramolecular Hbond substituents is 1. The van der Waals surface area contributed by atoms with Gasteiger partial charge in [-0.25, -0.2) is 4.79 Å². The van der Waals surface area contributed by atoms with E-state index in [1.165, 1.54) is 13.0 Å². The summed E-state index contributed by atoms with van der Waals surface area (Å²) in [5.41, 5.74) is -0.367. The Hall–Kier alpha value is -2.14. The molecule has 8 heteroatoms. The van der Waals surface area contributed by atoms with E-state index >= 15 is 0 Å². The first-order valence-corrected chi connectivity index (χ1v) is 6.47. The second-order valence-corrected chi connectivity index (χ2v) is 5.43. The minimum absolute atomic E-state index is 0.0576. The van der Waals surface area contributed by atoms with Gasteiger partial charge < -0.3 is 23.1 Å². The van der Waals surface area contributed by atoms with E-state index in [1.54, 1.807) is 0 Å². The fourth-order valence-electron chi connectivity index (χ4n) is 2.04. The predicted octanol–water partition coefficient (Wildman–Crippen LogP) is 2.08. The monoisotopic (exact) mass is 268 g/mol. The van der Waals surface area contributed by atoms with Crippen LogP contribution in [0.25, 0.3) is 11.0 Å². The van der Waals surface area contributed by atoms with Crippen LogP contribution in [0.15, 0.2) is 15.3 Å². The van der Waals surface area contributed by atoms with E-state index in [0.717, 1.165) is 0 Å². The molecule has 0 radical (unpaired) electrons. The van der Waals surface area contributed by atoms with Gasteiger partial charge in [-0.15, -0.1) is 0 Å². The molecule has 18 heavy (non-hydrogen) atoms. The molecule has 0 saturated carbocycles. The second kappa shape index (κ2) is 2.64. The molecule has 1 unspecified atom stereocenters. The summed E-state index contributed by atoms with van der Waals surface area (Å²) in [5.74, 6) is -0.178. The van der Waals surface area contributed by atoms with Crippen molar-refractivity contribution in [2.45, 2.75) is 6.92 Å². The van der Waals surface area contributed by atoms with Crippen LogP contribution in [0.4, 0.5) is 0 Å². The molecule has 0 aliphatic carbocycles. The topological polar surface area (TPSA) is 95.2 Å². The summed E-state index contributed by atoms with van der Waals surface area (Å²) in [7, 11) is -3.83. The molecule has 92 valence electrons. The number of rotatable bonds is 0. The summed E-state index contributed by atoms with van der Waals surface area (Å²) in [5, 5.41) is 10.0. The van der Waals surface area contributed by atoms with Crippen molar-refractivity contribution in [3.63, 3.8) is 0 Å². The van der Waals surface area contributed by atoms with Gasteiger partial charge in [0.2, 0.25) is 5.75 Å². The Labute approximate surface area is 99.1 Å². The Morgan fingerprint density at radius 2 is 1.83 bits per heavy atom. The third-order valence-corrected chi connectivity index (χ3v) is 4.08. The van der Waals surface area contributed by atoms with E-state index in [2.05, 4.69) is 0 Å². The number of hydrogen-bond acceptors (Lipinski definition) is 7. The van der Waals surface area contributed by atoms with Crippen LogP contribution in [0.5, 0.6) is 23.0 Å². The van der Waals surface area contributed by atoms with Crippen LogP contribution < -0.4 is 19.2 Å². The molecule has 1 atom stereocenters. The van der Waals surface area contributed by atoms with Gasteiger partial charge in [-0.2, -0.15) is 4.57 Å². The molecule has 0 spiro atoms. The van der Waals surface area contributed by atoms with Crippen molar-refractivity contribution in [3.05, 3.63) is 22.0 Å². The van der Waals surface area contributed by atoms with E-state index in [4.69, 9.17) is 18.0 Å². The number of phenols is 1. The molecule has 2 aliphatic heterocycles. The first-order valence-electron chi connectivity index (χ1n) is 5.01. The quantitative estimate of drug-likeness (QED) is 0.577. The average Bonchev–Trinajstić information content (AvgIpc) is 2.59. The normalized spacial score (nSPS) is 22.7. The first kappa shape index (κ1) is 9.85. The molecule has 3 heterocycles. The summed E-state index contributed by atoms with van der Waals surface area (Å²) in [6, 6.07) is 1.20. The van der Waals surface area contributed by atoms with Gasteiger partial charge in [0.25, 0.3) is 0 Å². The van der Waals surface area contributed by atoms with Crippen LogP contribution in [-0.4, -0.2) is 5.11 Å². The number of phosphoric acid groups is 1. The number of benzene rings is 1. The minimum atomic E-state index is -3.83. The molecular formula is C10H5O7P. The third-order valence-electron chi connectivity index (χ3n) is 2.87. The molecule has 1 N–H and O–H groups in total. The number of phosphoric ester groups is 1. The highest BCUT2D eigenvalue weighted by molar-refractivity contribution is 7.50.